The molecule has 542 valence electrons. The van der Waals surface area contributed by atoms with Crippen LogP contribution in [0.5, 0.6) is 0 Å². The Bertz CT molecular complexity index is 1900. The van der Waals surface area contributed by atoms with Crippen molar-refractivity contribution >= 4 is 39.5 Å². The number of ether oxygens (including phenoxy) is 4. The molecule has 19 heteroatoms. The van der Waals surface area contributed by atoms with E-state index in [0.717, 1.165) is 127 Å². The number of hydrogen-bond acceptors (Lipinski definition) is 15. The molecule has 0 fully saturated rings. The number of rotatable bonds is 69. The molecule has 0 radical (unpaired) electrons. The lowest BCUT2D eigenvalue weighted by Crippen LogP contribution is -2.30. The van der Waals surface area contributed by atoms with E-state index in [0.29, 0.717) is 31.6 Å². The topological polar surface area (TPSA) is 237 Å². The van der Waals surface area contributed by atoms with Crippen molar-refractivity contribution in [1.29, 1.82) is 0 Å². The zero-order chi connectivity index (χ0) is 68.0. The average molecular weight is 1350 g/mol. The summed E-state index contributed by atoms with van der Waals surface area (Å²) in [4.78, 5) is 72.6. The first-order valence-electron chi connectivity index (χ1n) is 37.2. The number of unbranched alkanes of at least 4 members (excludes halogenated alkanes) is 33. The van der Waals surface area contributed by atoms with Crippen LogP contribution in [0, 0.1) is 17.8 Å². The Kier molecular flexibility index (Phi) is 61.6. The van der Waals surface area contributed by atoms with E-state index in [9.17, 15) is 43.2 Å². The van der Waals surface area contributed by atoms with Gasteiger partial charge in [0.2, 0.25) is 0 Å². The number of allylic oxidation sites excluding steroid dienone is 4. The predicted molar refractivity (Wildman–Crippen MR) is 372 cm³/mol. The van der Waals surface area contributed by atoms with Crippen LogP contribution in [0.25, 0.3) is 0 Å². The van der Waals surface area contributed by atoms with Crippen molar-refractivity contribution < 1.29 is 80.2 Å². The number of phosphoric acid groups is 2. The van der Waals surface area contributed by atoms with Crippen molar-refractivity contribution in [3.05, 3.63) is 24.3 Å². The maximum absolute atomic E-state index is 13.0. The molecule has 3 N–H and O–H groups in total. The number of carbonyl (C=O) groups is 4. The van der Waals surface area contributed by atoms with E-state index < -0.39 is 97.5 Å². The van der Waals surface area contributed by atoms with Gasteiger partial charge in [0.1, 0.15) is 19.3 Å². The number of esters is 4. The van der Waals surface area contributed by atoms with Crippen molar-refractivity contribution in [2.24, 2.45) is 17.8 Å². The highest BCUT2D eigenvalue weighted by atomic mass is 31.2. The summed E-state index contributed by atoms with van der Waals surface area (Å²) >= 11 is 0. The van der Waals surface area contributed by atoms with E-state index in [4.69, 9.17) is 37.0 Å². The molecule has 0 rings (SSSR count). The van der Waals surface area contributed by atoms with Crippen LogP contribution >= 0.6 is 15.6 Å². The molecule has 0 aromatic carbocycles. The summed E-state index contributed by atoms with van der Waals surface area (Å²) in [6.07, 6.45) is 51.0. The standard InChI is InChI=1S/C73H138O17P2/c1-8-10-11-12-13-14-15-16-18-22-25-28-31-40-47-54-70(75)83-60-69(90-73(78)57-50-43-35-33-38-45-52-65(5)6)63-88-92(81,82)86-59-67(74)58-85-91(79,80)87-62-68(61-84-71(76)55-48-41-36-34-39-46-53-66(7)9-2)89-72(77)56-49-42-32-29-26-23-20-17-19-21-24-27-30-37-44-51-64(3)4/h14-16,18,64-69,74H,8-13,17,19-63H2,1-7H3,(H,79,80)(H,81,82)/b15-14-,18-16-/t66?,67-,68+,69+/m0/s1. The van der Waals surface area contributed by atoms with Gasteiger partial charge in [-0.2, -0.15) is 0 Å². The minimum Gasteiger partial charge on any atom is -0.462 e. The average Bonchev–Trinajstić information content (AvgIpc) is 2.90. The molecule has 0 heterocycles. The summed E-state index contributed by atoms with van der Waals surface area (Å²) in [5, 5.41) is 10.6. The third-order valence-corrected chi connectivity index (χ3v) is 18.5. The van der Waals surface area contributed by atoms with E-state index in [-0.39, 0.29) is 25.7 Å². The van der Waals surface area contributed by atoms with Crippen LogP contribution < -0.4 is 0 Å². The zero-order valence-corrected chi connectivity index (χ0v) is 61.3. The quantitative estimate of drug-likeness (QED) is 0.0169. The lowest BCUT2D eigenvalue weighted by Gasteiger charge is -2.21. The van der Waals surface area contributed by atoms with E-state index >= 15 is 0 Å². The van der Waals surface area contributed by atoms with E-state index in [1.807, 2.05) is 0 Å². The third kappa shape index (κ3) is 64.9. The molecule has 92 heavy (non-hydrogen) atoms. The molecule has 0 saturated heterocycles. The molecular formula is C73H138O17P2. The fourth-order valence-corrected chi connectivity index (χ4v) is 12.1. The summed E-state index contributed by atoms with van der Waals surface area (Å²) in [5.41, 5.74) is 0. The van der Waals surface area contributed by atoms with Gasteiger partial charge in [-0.25, -0.2) is 9.13 Å². The van der Waals surface area contributed by atoms with Gasteiger partial charge in [-0.15, -0.1) is 0 Å². The molecule has 0 amide bonds. The Hall–Kier alpha value is -2.46. The fourth-order valence-electron chi connectivity index (χ4n) is 10.5. The molecule has 3 unspecified atom stereocenters. The van der Waals surface area contributed by atoms with Gasteiger partial charge in [-0.1, -0.05) is 291 Å². The van der Waals surface area contributed by atoms with Crippen LogP contribution in [0.2, 0.25) is 0 Å². The van der Waals surface area contributed by atoms with Crippen molar-refractivity contribution in [1.82, 2.24) is 0 Å². The number of hydrogen-bond donors (Lipinski definition) is 3. The van der Waals surface area contributed by atoms with Gasteiger partial charge in [-0.05, 0) is 69.1 Å². The second kappa shape index (κ2) is 63.3. The Balaban J connectivity index is 5.22. The molecule has 17 nitrogen and oxygen atoms in total. The van der Waals surface area contributed by atoms with Gasteiger partial charge in [-0.3, -0.25) is 37.3 Å². The van der Waals surface area contributed by atoms with Gasteiger partial charge in [0.25, 0.3) is 0 Å². The minimum atomic E-state index is -4.96. The van der Waals surface area contributed by atoms with Crippen LogP contribution in [0.3, 0.4) is 0 Å². The molecular weight excluding hydrogens is 1210 g/mol. The number of phosphoric ester groups is 2. The van der Waals surface area contributed by atoms with Gasteiger partial charge in [0.15, 0.2) is 12.2 Å². The monoisotopic (exact) mass is 1350 g/mol. The Morgan fingerprint density at radius 3 is 0.967 bits per heavy atom. The summed E-state index contributed by atoms with van der Waals surface area (Å²) in [6.45, 7) is 11.7. The normalized spacial score (nSPS) is 14.6. The van der Waals surface area contributed by atoms with Crippen LogP contribution in [-0.4, -0.2) is 96.7 Å². The first kappa shape index (κ1) is 89.5. The van der Waals surface area contributed by atoms with Crippen LogP contribution in [0.4, 0.5) is 0 Å². The van der Waals surface area contributed by atoms with Gasteiger partial charge < -0.3 is 33.8 Å². The maximum Gasteiger partial charge on any atom is 0.472 e. The Morgan fingerprint density at radius 2 is 0.641 bits per heavy atom. The second-order valence-electron chi connectivity index (χ2n) is 26.8. The minimum absolute atomic E-state index is 0.0949. The van der Waals surface area contributed by atoms with Crippen LogP contribution in [0.15, 0.2) is 24.3 Å². The molecule has 6 atom stereocenters. The van der Waals surface area contributed by atoms with E-state index in [2.05, 4.69) is 72.8 Å². The smallest absolute Gasteiger partial charge is 0.462 e. The molecule has 0 aromatic rings. The summed E-state index contributed by atoms with van der Waals surface area (Å²) in [5.74, 6) is 0.0374. The highest BCUT2D eigenvalue weighted by Gasteiger charge is 2.30. The van der Waals surface area contributed by atoms with Crippen molar-refractivity contribution in [3.8, 4) is 0 Å². The fraction of sp³-hybridized carbons (Fsp3) is 0.890. The number of carbonyl (C=O) groups excluding carboxylic acids is 4. The first-order valence-corrected chi connectivity index (χ1v) is 40.2. The van der Waals surface area contributed by atoms with Crippen molar-refractivity contribution in [3.63, 3.8) is 0 Å². The highest BCUT2D eigenvalue weighted by Crippen LogP contribution is 2.45. The van der Waals surface area contributed by atoms with Crippen LogP contribution in [0.1, 0.15) is 344 Å². The van der Waals surface area contributed by atoms with Gasteiger partial charge in [0.05, 0.1) is 26.4 Å². The summed E-state index contributed by atoms with van der Waals surface area (Å²) in [6, 6.07) is 0. The molecule has 0 spiro atoms. The molecule has 0 bridgehead atoms. The van der Waals surface area contributed by atoms with Crippen LogP contribution in [-0.2, 0) is 65.4 Å². The summed E-state index contributed by atoms with van der Waals surface area (Å²) < 4.78 is 68.3. The zero-order valence-electron chi connectivity index (χ0n) is 59.5. The number of aliphatic hydroxyl groups excluding tert-OH is 1. The lowest BCUT2D eigenvalue weighted by atomic mass is 10.00. The van der Waals surface area contributed by atoms with Gasteiger partial charge >= 0.3 is 39.5 Å². The summed E-state index contributed by atoms with van der Waals surface area (Å²) in [7, 11) is -9.92. The van der Waals surface area contributed by atoms with Gasteiger partial charge in [0, 0.05) is 25.7 Å². The maximum atomic E-state index is 13.0. The third-order valence-electron chi connectivity index (χ3n) is 16.6. The molecule has 0 aliphatic rings. The highest BCUT2D eigenvalue weighted by molar-refractivity contribution is 7.47. The molecule has 0 aromatic heterocycles. The second-order valence-corrected chi connectivity index (χ2v) is 29.7. The Morgan fingerprint density at radius 1 is 0.359 bits per heavy atom. The molecule has 0 saturated carbocycles. The van der Waals surface area contributed by atoms with E-state index in [1.165, 1.54) is 128 Å². The molecule has 0 aliphatic carbocycles. The lowest BCUT2D eigenvalue weighted by molar-refractivity contribution is -0.161. The SMILES string of the molecule is CCCCCC/C=C\C=C/CCCCCCCC(=O)OC[C@H](COP(=O)(O)OC[C@@H](O)COP(=O)(O)OC[C@@H](COC(=O)CCCCCCCCC(C)CC)OC(=O)CCCCCCCCCCCCCCCCCC(C)C)OC(=O)CCCCCCCCC(C)C. The molecule has 0 aliphatic heterocycles. The van der Waals surface area contributed by atoms with E-state index in [1.54, 1.807) is 0 Å². The number of aliphatic hydroxyl groups is 1. The largest absolute Gasteiger partial charge is 0.472 e. The Labute approximate surface area is 561 Å². The predicted octanol–water partition coefficient (Wildman–Crippen LogP) is 20.6. The van der Waals surface area contributed by atoms with Crippen molar-refractivity contribution in [2.45, 2.75) is 362 Å². The van der Waals surface area contributed by atoms with Crippen molar-refractivity contribution in [2.75, 3.05) is 39.6 Å². The first-order chi connectivity index (χ1) is 44.3.